The number of amidine groups is 1. The molecule has 2 aliphatic rings. The second kappa shape index (κ2) is 7.42. The Labute approximate surface area is 173 Å². The summed E-state index contributed by atoms with van der Waals surface area (Å²) in [6.07, 6.45) is 1.95. The highest BCUT2D eigenvalue weighted by molar-refractivity contribution is 8.14. The van der Waals surface area contributed by atoms with Crippen LogP contribution in [-0.2, 0) is 16.4 Å². The minimum absolute atomic E-state index is 0.0702. The normalized spacial score (nSPS) is 20.7. The zero-order chi connectivity index (χ0) is 19.9. The SMILES string of the molecule is CC1Cc2cc(C3=NNC(=Nc4ccc(Cl)cc4)SC3)ccc2N1S(C)(=O)=O. The molecule has 2 heterocycles. The lowest BCUT2D eigenvalue weighted by Crippen LogP contribution is -2.34. The van der Waals surface area contributed by atoms with Crippen molar-refractivity contribution < 1.29 is 8.42 Å². The van der Waals surface area contributed by atoms with Gasteiger partial charge in [0.05, 0.1) is 23.3 Å². The summed E-state index contributed by atoms with van der Waals surface area (Å²) < 4.78 is 25.6. The van der Waals surface area contributed by atoms with E-state index in [0.717, 1.165) is 33.4 Å². The molecule has 2 aromatic carbocycles. The maximum atomic E-state index is 12.1. The first-order valence-electron chi connectivity index (χ1n) is 8.73. The molecule has 0 spiro atoms. The number of anilines is 1. The van der Waals surface area contributed by atoms with E-state index in [1.165, 1.54) is 10.6 Å². The fourth-order valence-corrected chi connectivity index (χ4v) is 5.62. The van der Waals surface area contributed by atoms with Crippen LogP contribution in [-0.4, -0.2) is 37.3 Å². The van der Waals surface area contributed by atoms with Crippen LogP contribution in [0.3, 0.4) is 0 Å². The first-order valence-corrected chi connectivity index (χ1v) is 11.9. The topological polar surface area (TPSA) is 74.1 Å². The molecule has 146 valence electrons. The van der Waals surface area contributed by atoms with Gasteiger partial charge in [-0.2, -0.15) is 5.10 Å². The van der Waals surface area contributed by atoms with E-state index in [9.17, 15) is 8.42 Å². The molecule has 1 atom stereocenters. The van der Waals surface area contributed by atoms with E-state index in [0.29, 0.717) is 17.2 Å². The third kappa shape index (κ3) is 3.90. The number of fused-ring (bicyclic) bond motifs is 1. The maximum absolute atomic E-state index is 12.1. The average molecular weight is 435 g/mol. The molecule has 28 heavy (non-hydrogen) atoms. The zero-order valence-electron chi connectivity index (χ0n) is 15.4. The predicted molar refractivity (Wildman–Crippen MR) is 118 cm³/mol. The van der Waals surface area contributed by atoms with Gasteiger partial charge in [-0.25, -0.2) is 13.4 Å². The second-order valence-corrected chi connectivity index (χ2v) is 10.1. The van der Waals surface area contributed by atoms with Gasteiger partial charge in [0.25, 0.3) is 0 Å². The van der Waals surface area contributed by atoms with Crippen LogP contribution in [0.25, 0.3) is 0 Å². The van der Waals surface area contributed by atoms with Crippen LogP contribution >= 0.6 is 23.4 Å². The number of nitrogens with zero attached hydrogens (tertiary/aromatic N) is 3. The van der Waals surface area contributed by atoms with Crippen LogP contribution in [0.2, 0.25) is 5.02 Å². The molecule has 0 aliphatic carbocycles. The van der Waals surface area contributed by atoms with Gasteiger partial charge < -0.3 is 0 Å². The number of sulfonamides is 1. The molecule has 0 amide bonds. The number of hydrazone groups is 1. The summed E-state index contributed by atoms with van der Waals surface area (Å²) in [4.78, 5) is 4.52. The van der Waals surface area contributed by atoms with E-state index in [-0.39, 0.29) is 6.04 Å². The van der Waals surface area contributed by atoms with Crippen molar-refractivity contribution in [3.8, 4) is 0 Å². The third-order valence-corrected chi connectivity index (χ3v) is 7.01. The number of thioether (sulfide) groups is 1. The first kappa shape index (κ1) is 19.3. The summed E-state index contributed by atoms with van der Waals surface area (Å²) in [7, 11) is -3.28. The summed E-state index contributed by atoms with van der Waals surface area (Å²) in [5, 5.41) is 5.87. The van der Waals surface area contributed by atoms with Crippen LogP contribution in [0.15, 0.2) is 52.6 Å². The number of halogens is 1. The highest BCUT2D eigenvalue weighted by atomic mass is 35.5. The van der Waals surface area contributed by atoms with Gasteiger partial charge in [0.2, 0.25) is 10.0 Å². The zero-order valence-corrected chi connectivity index (χ0v) is 17.8. The number of nitrogens with one attached hydrogen (secondary N) is 1. The summed E-state index contributed by atoms with van der Waals surface area (Å²) in [6, 6.07) is 13.1. The van der Waals surface area contributed by atoms with Crippen LogP contribution in [0, 0.1) is 0 Å². The summed E-state index contributed by atoms with van der Waals surface area (Å²) >= 11 is 7.47. The van der Waals surface area contributed by atoms with Crippen LogP contribution in [0.1, 0.15) is 18.1 Å². The van der Waals surface area contributed by atoms with E-state index in [4.69, 9.17) is 11.6 Å². The highest BCUT2D eigenvalue weighted by Crippen LogP contribution is 2.35. The maximum Gasteiger partial charge on any atom is 0.232 e. The molecule has 0 fully saturated rings. The van der Waals surface area contributed by atoms with Crippen molar-refractivity contribution in [2.75, 3.05) is 16.3 Å². The average Bonchev–Trinajstić information content (AvgIpc) is 2.99. The molecule has 0 aromatic heterocycles. The molecule has 9 heteroatoms. The largest absolute Gasteiger partial charge is 0.267 e. The Kier molecular flexibility index (Phi) is 5.11. The van der Waals surface area contributed by atoms with Gasteiger partial charge in [-0.15, -0.1) is 0 Å². The molecule has 1 N–H and O–H groups in total. The van der Waals surface area contributed by atoms with Crippen LogP contribution in [0.5, 0.6) is 0 Å². The minimum atomic E-state index is -3.28. The Balaban J connectivity index is 1.54. The van der Waals surface area contributed by atoms with Gasteiger partial charge >= 0.3 is 0 Å². The van der Waals surface area contributed by atoms with Crippen LogP contribution < -0.4 is 9.73 Å². The standard InChI is InChI=1S/C19H19ClN4O2S2/c1-12-9-14-10-13(3-8-18(14)24(12)28(2,25)26)17-11-27-19(23-22-17)21-16-6-4-15(20)5-7-16/h3-8,10,12H,9,11H2,1-2H3,(H,21,23). The predicted octanol–water partition coefficient (Wildman–Crippen LogP) is 3.78. The van der Waals surface area contributed by atoms with E-state index in [1.54, 1.807) is 23.9 Å². The lowest BCUT2D eigenvalue weighted by molar-refractivity contribution is 0.590. The Bertz CT molecular complexity index is 1080. The van der Waals surface area contributed by atoms with E-state index < -0.39 is 10.0 Å². The van der Waals surface area contributed by atoms with Crippen molar-refractivity contribution in [2.45, 2.75) is 19.4 Å². The Hall–Kier alpha value is -2.03. The number of hydrogen-bond acceptors (Lipinski definition) is 5. The quantitative estimate of drug-likeness (QED) is 0.797. The molecule has 1 unspecified atom stereocenters. The van der Waals surface area contributed by atoms with Crippen LogP contribution in [0.4, 0.5) is 11.4 Å². The number of hydrogen-bond donors (Lipinski definition) is 1. The summed E-state index contributed by atoms with van der Waals surface area (Å²) in [5.41, 5.74) is 7.51. The van der Waals surface area contributed by atoms with Gasteiger partial charge in [0.1, 0.15) is 0 Å². The van der Waals surface area contributed by atoms with E-state index in [1.807, 2.05) is 37.3 Å². The summed E-state index contributed by atoms with van der Waals surface area (Å²) in [5.74, 6) is 0.684. The molecule has 4 rings (SSSR count). The lowest BCUT2D eigenvalue weighted by Gasteiger charge is -2.22. The fraction of sp³-hybridized carbons (Fsp3) is 0.263. The smallest absolute Gasteiger partial charge is 0.232 e. The van der Waals surface area contributed by atoms with E-state index in [2.05, 4.69) is 15.5 Å². The molecule has 2 aromatic rings. The van der Waals surface area contributed by atoms with Crippen molar-refractivity contribution >= 4 is 55.6 Å². The second-order valence-electron chi connectivity index (χ2n) is 6.81. The molecular weight excluding hydrogens is 416 g/mol. The first-order chi connectivity index (χ1) is 13.3. The molecule has 6 nitrogen and oxygen atoms in total. The van der Waals surface area contributed by atoms with Gasteiger partial charge in [-0.05, 0) is 60.9 Å². The van der Waals surface area contributed by atoms with Crippen molar-refractivity contribution in [1.82, 2.24) is 5.43 Å². The van der Waals surface area contributed by atoms with Gasteiger partial charge in [-0.1, -0.05) is 29.4 Å². The molecule has 0 bridgehead atoms. The molecular formula is C19H19ClN4O2S2. The van der Waals surface area contributed by atoms with Crippen molar-refractivity contribution in [1.29, 1.82) is 0 Å². The minimum Gasteiger partial charge on any atom is -0.267 e. The molecule has 2 aliphatic heterocycles. The van der Waals surface area contributed by atoms with Gasteiger partial charge in [-0.3, -0.25) is 9.73 Å². The lowest BCUT2D eigenvalue weighted by atomic mass is 10.0. The van der Waals surface area contributed by atoms with Crippen molar-refractivity contribution in [3.63, 3.8) is 0 Å². The molecule has 0 saturated carbocycles. The fourth-order valence-electron chi connectivity index (χ4n) is 3.44. The number of rotatable bonds is 3. The monoisotopic (exact) mass is 434 g/mol. The van der Waals surface area contributed by atoms with Gasteiger partial charge in [0, 0.05) is 16.8 Å². The third-order valence-electron chi connectivity index (χ3n) is 4.61. The van der Waals surface area contributed by atoms with Gasteiger partial charge in [0.15, 0.2) is 5.17 Å². The Morgan fingerprint density at radius 1 is 1.25 bits per heavy atom. The van der Waals surface area contributed by atoms with E-state index >= 15 is 0 Å². The summed E-state index contributed by atoms with van der Waals surface area (Å²) in [6.45, 7) is 1.93. The Morgan fingerprint density at radius 3 is 2.64 bits per heavy atom. The molecule has 0 radical (unpaired) electrons. The Morgan fingerprint density at radius 2 is 2.00 bits per heavy atom. The molecule has 0 saturated heterocycles. The van der Waals surface area contributed by atoms with Crippen molar-refractivity contribution in [3.05, 3.63) is 58.6 Å². The highest BCUT2D eigenvalue weighted by Gasteiger charge is 2.32. The van der Waals surface area contributed by atoms with Crippen molar-refractivity contribution in [2.24, 2.45) is 10.1 Å². The number of benzene rings is 2. The number of aliphatic imine (C=N–C) groups is 1.